The second-order valence-corrected chi connectivity index (χ2v) is 25.4. The SMILES string of the molecule is CCCCCCCCCCCCCCCCCC(=O)N[C@@](C)(CO[C@@H]1O[C@H](CO)[C@@H](O[C@@H]2OC(CO)[C@H](O)[C@@H]3O[C@]4(C[C@@H](O)[C@H](C)[C@H]([C@@H](O)[C@@](C)(CO)O[C@]5(C(=O)O)C[C@@H](O)[C@@H](C)C([C@H](O)[C@H](O)CO)O5)O4)C(=O)O[C@@H]23)[C@@H](O)C1O)[C@](C)(O)CNCC. The minimum atomic E-state index is -2.97. The number of aliphatic carboxylic acids is 1. The van der Waals surface area contributed by atoms with Crippen LogP contribution in [-0.4, -0.2) is 268 Å². The van der Waals surface area contributed by atoms with Crippen molar-refractivity contribution in [2.24, 2.45) is 11.8 Å². The van der Waals surface area contributed by atoms with E-state index in [-0.39, 0.29) is 18.9 Å². The molecule has 1 spiro atoms. The summed E-state index contributed by atoms with van der Waals surface area (Å²) in [4.78, 5) is 40.9. The summed E-state index contributed by atoms with van der Waals surface area (Å²) < 4.78 is 53.7. The maximum Gasteiger partial charge on any atom is 0.367 e. The minimum absolute atomic E-state index is 0.00899. The predicted octanol–water partition coefficient (Wildman–Crippen LogP) is -1.40. The Morgan fingerprint density at radius 3 is 1.79 bits per heavy atom. The summed E-state index contributed by atoms with van der Waals surface area (Å²) in [5, 5.41) is 160. The zero-order chi connectivity index (χ0) is 64.7. The van der Waals surface area contributed by atoms with Gasteiger partial charge in [0.05, 0.1) is 68.6 Å². The van der Waals surface area contributed by atoms with Crippen LogP contribution in [0.4, 0.5) is 0 Å². The molecule has 0 aliphatic carbocycles. The highest BCUT2D eigenvalue weighted by molar-refractivity contribution is 5.79. The van der Waals surface area contributed by atoms with Crippen LogP contribution in [0.3, 0.4) is 0 Å². The number of carboxylic acids is 1. The van der Waals surface area contributed by atoms with Gasteiger partial charge >= 0.3 is 11.9 Å². The molecule has 16 N–H and O–H groups in total. The van der Waals surface area contributed by atoms with Crippen molar-refractivity contribution in [2.75, 3.05) is 46.1 Å². The first-order valence-corrected chi connectivity index (χ1v) is 31.5. The lowest BCUT2D eigenvalue weighted by atomic mass is 9.80. The van der Waals surface area contributed by atoms with Gasteiger partial charge in [-0.05, 0) is 33.7 Å². The predicted molar refractivity (Wildman–Crippen MR) is 304 cm³/mol. The summed E-state index contributed by atoms with van der Waals surface area (Å²) >= 11 is 0. The van der Waals surface area contributed by atoms with Crippen LogP contribution in [0.1, 0.15) is 164 Å². The third-order valence-electron chi connectivity index (χ3n) is 18.4. The molecule has 508 valence electrons. The molecule has 0 radical (unpaired) electrons. The molecule has 1 amide bonds. The van der Waals surface area contributed by atoms with Gasteiger partial charge in [0.1, 0.15) is 66.6 Å². The number of carboxylic acid groups (broad SMARTS) is 1. The number of hydrogen-bond acceptors (Lipinski definition) is 26. The third-order valence-corrected chi connectivity index (χ3v) is 18.4. The average molecular weight is 1260 g/mol. The number of aliphatic hydroxyl groups excluding tert-OH is 12. The molecule has 5 aliphatic heterocycles. The summed E-state index contributed by atoms with van der Waals surface area (Å²) in [6.07, 6.45) is -14.8. The smallest absolute Gasteiger partial charge is 0.367 e. The van der Waals surface area contributed by atoms with Gasteiger partial charge in [0, 0.05) is 37.6 Å². The molecule has 5 heterocycles. The number of ether oxygens (including phenoxy) is 9. The van der Waals surface area contributed by atoms with Crippen molar-refractivity contribution in [2.45, 2.75) is 296 Å². The fraction of sp³-hybridized carbons (Fsp3) is 0.949. The molecule has 0 aromatic carbocycles. The molecular weight excluding hydrogens is 1150 g/mol. The van der Waals surface area contributed by atoms with Crippen LogP contribution >= 0.6 is 0 Å². The van der Waals surface area contributed by atoms with E-state index < -0.39 is 202 Å². The number of likely N-dealkylation sites (N-methyl/N-ethyl adjacent to an activating group) is 1. The molecule has 28 nitrogen and oxygen atoms in total. The van der Waals surface area contributed by atoms with E-state index in [4.69, 9.17) is 42.6 Å². The number of amides is 1. The normalized spacial score (nSPS) is 37.0. The van der Waals surface area contributed by atoms with E-state index in [9.17, 15) is 85.9 Å². The van der Waals surface area contributed by atoms with E-state index in [0.717, 1.165) is 32.6 Å². The second kappa shape index (κ2) is 33.9. The van der Waals surface area contributed by atoms with Gasteiger partial charge in [0.2, 0.25) is 5.91 Å². The Kier molecular flexibility index (Phi) is 29.3. The maximum atomic E-state index is 14.4. The van der Waals surface area contributed by atoms with Gasteiger partial charge in [-0.15, -0.1) is 0 Å². The molecule has 87 heavy (non-hydrogen) atoms. The van der Waals surface area contributed by atoms with Crippen molar-refractivity contribution in [1.82, 2.24) is 10.6 Å². The molecule has 5 fully saturated rings. The fourth-order valence-corrected chi connectivity index (χ4v) is 12.1. The number of carbonyl (C=O) groups is 3. The van der Waals surface area contributed by atoms with Crippen molar-refractivity contribution in [3.05, 3.63) is 0 Å². The summed E-state index contributed by atoms with van der Waals surface area (Å²) in [6.45, 7) is 6.85. The molecular formula is C59H106N2O26. The Morgan fingerprint density at radius 2 is 1.25 bits per heavy atom. The molecule has 0 aromatic heterocycles. The van der Waals surface area contributed by atoms with Gasteiger partial charge in [-0.2, -0.15) is 0 Å². The highest BCUT2D eigenvalue weighted by Gasteiger charge is 2.66. The molecule has 0 bridgehead atoms. The van der Waals surface area contributed by atoms with Crippen LogP contribution in [0.15, 0.2) is 0 Å². The zero-order valence-electron chi connectivity index (χ0n) is 51.8. The number of hydrogen-bond donors (Lipinski definition) is 16. The van der Waals surface area contributed by atoms with Crippen LogP contribution in [-0.2, 0) is 57.0 Å². The van der Waals surface area contributed by atoms with Crippen molar-refractivity contribution >= 4 is 17.8 Å². The number of nitrogens with one attached hydrogen (secondary N) is 2. The van der Waals surface area contributed by atoms with Crippen molar-refractivity contribution in [1.29, 1.82) is 0 Å². The van der Waals surface area contributed by atoms with E-state index in [0.29, 0.717) is 13.0 Å². The first-order chi connectivity index (χ1) is 41.1. The Bertz CT molecular complexity index is 2080. The quantitative estimate of drug-likeness (QED) is 0.0251. The highest BCUT2D eigenvalue weighted by Crippen LogP contribution is 2.47. The largest absolute Gasteiger partial charge is 0.477 e. The first-order valence-electron chi connectivity index (χ1n) is 31.5. The van der Waals surface area contributed by atoms with Crippen LogP contribution in [0.2, 0.25) is 0 Å². The topological polar surface area (TPSA) is 442 Å². The van der Waals surface area contributed by atoms with E-state index >= 15 is 0 Å². The van der Waals surface area contributed by atoms with E-state index in [2.05, 4.69) is 17.6 Å². The van der Waals surface area contributed by atoms with E-state index in [1.54, 1.807) is 6.92 Å². The summed E-state index contributed by atoms with van der Waals surface area (Å²) in [5.74, 6) is -11.6. The second-order valence-electron chi connectivity index (χ2n) is 25.4. The van der Waals surface area contributed by atoms with Crippen molar-refractivity contribution < 1.29 is 129 Å². The van der Waals surface area contributed by atoms with Gasteiger partial charge in [0.25, 0.3) is 11.6 Å². The van der Waals surface area contributed by atoms with Gasteiger partial charge in [-0.3, -0.25) is 4.79 Å². The monoisotopic (exact) mass is 1260 g/mol. The number of unbranched alkanes of at least 4 members (excludes halogenated alkanes) is 14. The first kappa shape index (κ1) is 75.3. The van der Waals surface area contributed by atoms with Crippen molar-refractivity contribution in [3.8, 4) is 0 Å². The molecule has 0 saturated carbocycles. The Balaban J connectivity index is 1.24. The number of fused-ring (bicyclic) bond motifs is 1. The maximum absolute atomic E-state index is 14.4. The lowest BCUT2D eigenvalue weighted by Crippen LogP contribution is -2.73. The highest BCUT2D eigenvalue weighted by atomic mass is 16.8. The van der Waals surface area contributed by atoms with Crippen molar-refractivity contribution in [3.63, 3.8) is 0 Å². The Hall–Kier alpha value is -2.47. The molecule has 0 aromatic rings. The van der Waals surface area contributed by atoms with Gasteiger partial charge in [0.15, 0.2) is 18.7 Å². The number of esters is 1. The van der Waals surface area contributed by atoms with Gasteiger partial charge in [-0.25, -0.2) is 9.59 Å². The molecule has 5 aliphatic rings. The summed E-state index contributed by atoms with van der Waals surface area (Å²) in [6, 6.07) is 0. The lowest BCUT2D eigenvalue weighted by molar-refractivity contribution is -0.414. The fourth-order valence-electron chi connectivity index (χ4n) is 12.1. The standard InChI is InChI=1S/C59H106N2O26/c1-8-10-11-12-13-14-15-16-17-18-19-20-21-22-23-24-40(69)61-56(6,57(7,78)30-60-9-2)32-79-51-44(73)43(72)47(39(29-64)81-51)82-52-49-48(42(71)38(28-63)80-52)86-59(54(77)83-49)26-36(67)34(4)46(85-59)50(74)55(5,31-65)87-58(53(75)76)25-35(66)33(3)45(84-58)41(70)37(68)27-62/h33-39,41-52,60,62-68,70-74,78H,8-32H2,1-7H3,(H,61,69)(H,75,76)/t33-,34+,35-,36-,37-,38?,39-,41-,42+,43+,44?,45?,46-,47-,48+,49-,50-,51-,52+,55-,56+,57-,58+,59-/m1/s1. The summed E-state index contributed by atoms with van der Waals surface area (Å²) in [5.41, 5.74) is -5.69. The van der Waals surface area contributed by atoms with E-state index in [1.165, 1.54) is 85.0 Å². The molecule has 3 unspecified atom stereocenters. The van der Waals surface area contributed by atoms with Crippen LogP contribution in [0, 0.1) is 11.8 Å². The van der Waals surface area contributed by atoms with Crippen LogP contribution in [0.25, 0.3) is 0 Å². The average Bonchev–Trinajstić information content (AvgIpc) is 0.808. The van der Waals surface area contributed by atoms with Crippen LogP contribution in [0.5, 0.6) is 0 Å². The third kappa shape index (κ3) is 18.4. The molecule has 28 heteroatoms. The van der Waals surface area contributed by atoms with E-state index in [1.807, 2.05) is 6.92 Å². The Labute approximate surface area is 510 Å². The molecule has 5 saturated heterocycles. The number of carbonyl (C=O) groups excluding carboxylic acids is 2. The lowest BCUT2D eigenvalue weighted by Gasteiger charge is -2.55. The summed E-state index contributed by atoms with van der Waals surface area (Å²) in [7, 11) is 0. The Morgan fingerprint density at radius 1 is 0.701 bits per heavy atom. The van der Waals surface area contributed by atoms with Gasteiger partial charge in [-0.1, -0.05) is 118 Å². The number of aliphatic hydroxyl groups is 13. The molecule has 5 rings (SSSR count). The molecule has 24 atom stereocenters. The van der Waals surface area contributed by atoms with Gasteiger partial charge < -0.3 is 125 Å². The van der Waals surface area contributed by atoms with Crippen LogP contribution < -0.4 is 10.6 Å². The number of rotatable bonds is 37. The zero-order valence-corrected chi connectivity index (χ0v) is 51.8. The minimum Gasteiger partial charge on any atom is -0.477 e.